The molecule has 40 heavy (non-hydrogen) atoms. The second kappa shape index (κ2) is 10.5. The van der Waals surface area contributed by atoms with Gasteiger partial charge in [0.2, 0.25) is 0 Å². The van der Waals surface area contributed by atoms with Crippen LogP contribution < -0.4 is 14.9 Å². The first-order valence-electron chi connectivity index (χ1n) is 13.0. The zero-order valence-corrected chi connectivity index (χ0v) is 22.8. The summed E-state index contributed by atoms with van der Waals surface area (Å²) in [6.45, 7) is 2.29. The molecule has 0 spiro atoms. The molecule has 0 fully saturated rings. The average Bonchev–Trinajstić information content (AvgIpc) is 3.49. The summed E-state index contributed by atoms with van der Waals surface area (Å²) in [5, 5.41) is 0.953. The number of carbonyl (C=O) groups excluding carboxylic acids is 1. The Balaban J connectivity index is 1.54. The molecule has 1 aliphatic heterocycles. The number of nitrogens with zero attached hydrogens (tertiary/aromatic N) is 3. The molecule has 3 aromatic carbocycles. The first-order chi connectivity index (χ1) is 19.5. The molecule has 200 valence electrons. The Morgan fingerprint density at radius 3 is 2.52 bits per heavy atom. The number of para-hydroxylation sites is 1. The van der Waals surface area contributed by atoms with Crippen molar-refractivity contribution in [1.29, 1.82) is 0 Å². The van der Waals surface area contributed by atoms with Crippen molar-refractivity contribution in [1.82, 2.24) is 9.13 Å². The molecular formula is C32H26FN3O3S. The normalized spacial score (nSPS) is 15.3. The summed E-state index contributed by atoms with van der Waals surface area (Å²) in [5.41, 5.74) is 3.91. The number of benzene rings is 3. The maximum absolute atomic E-state index is 14.5. The minimum Gasteiger partial charge on any atom is -0.466 e. The number of esters is 1. The summed E-state index contributed by atoms with van der Waals surface area (Å²) in [7, 11) is 1.34. The van der Waals surface area contributed by atoms with Crippen molar-refractivity contribution in [3.8, 4) is 0 Å². The smallest absolute Gasteiger partial charge is 0.338 e. The van der Waals surface area contributed by atoms with Crippen molar-refractivity contribution in [2.75, 3.05) is 7.11 Å². The first-order valence-corrected chi connectivity index (χ1v) is 13.8. The fourth-order valence-corrected chi connectivity index (χ4v) is 6.30. The van der Waals surface area contributed by atoms with Gasteiger partial charge in [-0.1, -0.05) is 85.0 Å². The molecule has 6 nitrogen and oxygen atoms in total. The lowest BCUT2D eigenvalue weighted by Gasteiger charge is -2.25. The summed E-state index contributed by atoms with van der Waals surface area (Å²) in [5.74, 6) is -0.760. The van der Waals surface area contributed by atoms with E-state index >= 15 is 0 Å². The van der Waals surface area contributed by atoms with E-state index in [2.05, 4.69) is 0 Å². The topological polar surface area (TPSA) is 65.6 Å². The van der Waals surface area contributed by atoms with Crippen LogP contribution in [0.1, 0.15) is 36.1 Å². The van der Waals surface area contributed by atoms with Gasteiger partial charge in [-0.3, -0.25) is 9.36 Å². The van der Waals surface area contributed by atoms with E-state index in [0.29, 0.717) is 39.1 Å². The number of aromatic nitrogens is 2. The zero-order chi connectivity index (χ0) is 27.8. The summed E-state index contributed by atoms with van der Waals surface area (Å²) in [4.78, 5) is 32.2. The van der Waals surface area contributed by atoms with Gasteiger partial charge < -0.3 is 9.30 Å². The second-order valence-electron chi connectivity index (χ2n) is 9.52. The number of rotatable bonds is 6. The summed E-state index contributed by atoms with van der Waals surface area (Å²) < 4.78 is 23.7. The van der Waals surface area contributed by atoms with Crippen LogP contribution in [-0.2, 0) is 16.1 Å². The number of carbonyl (C=O) groups is 1. The van der Waals surface area contributed by atoms with Crippen LogP contribution in [0.15, 0.2) is 106 Å². The van der Waals surface area contributed by atoms with Crippen LogP contribution in [0.5, 0.6) is 0 Å². The molecule has 8 heteroatoms. The van der Waals surface area contributed by atoms with Gasteiger partial charge in [-0.2, -0.15) is 0 Å². The molecular weight excluding hydrogens is 525 g/mol. The van der Waals surface area contributed by atoms with Gasteiger partial charge in [0.1, 0.15) is 5.82 Å². The Labute approximate surface area is 233 Å². The highest BCUT2D eigenvalue weighted by atomic mass is 32.1. The molecule has 1 atom stereocenters. The van der Waals surface area contributed by atoms with Crippen molar-refractivity contribution in [2.45, 2.75) is 25.9 Å². The van der Waals surface area contributed by atoms with E-state index in [-0.39, 0.29) is 11.4 Å². The highest BCUT2D eigenvalue weighted by Crippen LogP contribution is 2.32. The van der Waals surface area contributed by atoms with E-state index in [1.54, 1.807) is 16.7 Å². The molecule has 0 saturated carbocycles. The van der Waals surface area contributed by atoms with Crippen LogP contribution in [-0.4, -0.2) is 22.2 Å². The molecule has 0 amide bonds. The Hall–Kier alpha value is -4.56. The van der Waals surface area contributed by atoms with Gasteiger partial charge in [0, 0.05) is 28.2 Å². The van der Waals surface area contributed by atoms with E-state index in [1.807, 2.05) is 84.4 Å². The summed E-state index contributed by atoms with van der Waals surface area (Å²) in [6, 6.07) is 23.4. The molecule has 5 aromatic rings. The van der Waals surface area contributed by atoms with Crippen LogP contribution in [0.4, 0.5) is 4.39 Å². The Morgan fingerprint density at radius 1 is 1.05 bits per heavy atom. The van der Waals surface area contributed by atoms with E-state index < -0.39 is 12.0 Å². The SMILES string of the molecule is CCC1=C(C(=O)OC)[C@H](c2ccccc2)n2c(s/c(=C/c3cn(Cc4ccccc4F)c4ccccc34)c2=O)=N1. The Morgan fingerprint density at radius 2 is 1.77 bits per heavy atom. The third-order valence-corrected chi connectivity index (χ3v) is 8.15. The number of allylic oxidation sites excluding steroid dienone is 1. The van der Waals surface area contributed by atoms with Gasteiger partial charge >= 0.3 is 5.97 Å². The van der Waals surface area contributed by atoms with Gasteiger partial charge in [-0.15, -0.1) is 0 Å². The average molecular weight is 552 g/mol. The minimum atomic E-state index is -0.649. The Bertz CT molecular complexity index is 1970. The van der Waals surface area contributed by atoms with Crippen molar-refractivity contribution < 1.29 is 13.9 Å². The van der Waals surface area contributed by atoms with Crippen LogP contribution in [0.2, 0.25) is 0 Å². The molecule has 2 aromatic heterocycles. The van der Waals surface area contributed by atoms with Crippen LogP contribution >= 0.6 is 11.3 Å². The maximum atomic E-state index is 14.5. The van der Waals surface area contributed by atoms with Crippen molar-refractivity contribution in [2.24, 2.45) is 4.99 Å². The quantitative estimate of drug-likeness (QED) is 0.281. The fourth-order valence-electron chi connectivity index (χ4n) is 5.29. The lowest BCUT2D eigenvalue weighted by Crippen LogP contribution is -2.40. The highest BCUT2D eigenvalue weighted by Gasteiger charge is 2.33. The zero-order valence-electron chi connectivity index (χ0n) is 22.0. The predicted molar refractivity (Wildman–Crippen MR) is 154 cm³/mol. The summed E-state index contributed by atoms with van der Waals surface area (Å²) >= 11 is 1.29. The maximum Gasteiger partial charge on any atom is 0.338 e. The number of thiazole rings is 1. The number of methoxy groups -OCH3 is 1. The number of halogens is 1. The second-order valence-corrected chi connectivity index (χ2v) is 10.5. The lowest BCUT2D eigenvalue weighted by molar-refractivity contribution is -0.136. The van der Waals surface area contributed by atoms with Crippen molar-refractivity contribution in [3.63, 3.8) is 0 Å². The fraction of sp³-hybridized carbons (Fsp3) is 0.156. The standard InChI is InChI=1S/C32H26FN3O3S/c1-3-25-28(31(38)39-2)29(20-11-5-4-6-12-20)36-30(37)27(40-32(36)34-25)17-22-19-35(26-16-10-8-14-23(22)26)18-21-13-7-9-15-24(21)33/h4-17,19,29H,3,18H2,1-2H3/b27-17+/t29-/m0/s1. The molecule has 0 saturated heterocycles. The highest BCUT2D eigenvalue weighted by molar-refractivity contribution is 7.07. The van der Waals surface area contributed by atoms with Crippen LogP contribution in [0.3, 0.4) is 0 Å². The lowest BCUT2D eigenvalue weighted by atomic mass is 9.95. The molecule has 0 unspecified atom stereocenters. The van der Waals surface area contributed by atoms with Gasteiger partial charge in [-0.05, 0) is 30.2 Å². The van der Waals surface area contributed by atoms with Gasteiger partial charge in [0.15, 0.2) is 4.80 Å². The molecule has 0 aliphatic carbocycles. The number of fused-ring (bicyclic) bond motifs is 2. The minimum absolute atomic E-state index is 0.236. The monoisotopic (exact) mass is 551 g/mol. The molecule has 1 aliphatic rings. The predicted octanol–water partition coefficient (Wildman–Crippen LogP) is 4.94. The van der Waals surface area contributed by atoms with Crippen molar-refractivity contribution in [3.05, 3.63) is 139 Å². The third-order valence-electron chi connectivity index (χ3n) is 7.17. The number of hydrogen-bond acceptors (Lipinski definition) is 5. The largest absolute Gasteiger partial charge is 0.466 e. The van der Waals surface area contributed by atoms with E-state index in [9.17, 15) is 14.0 Å². The van der Waals surface area contributed by atoms with E-state index in [1.165, 1.54) is 24.5 Å². The molecule has 0 radical (unpaired) electrons. The molecule has 6 rings (SSSR count). The van der Waals surface area contributed by atoms with Gasteiger partial charge in [-0.25, -0.2) is 14.2 Å². The van der Waals surface area contributed by atoms with Crippen molar-refractivity contribution >= 4 is 34.3 Å². The Kier molecular flexibility index (Phi) is 6.77. The first kappa shape index (κ1) is 25.7. The molecule has 0 bridgehead atoms. The number of hydrogen-bond donors (Lipinski definition) is 0. The van der Waals surface area contributed by atoms with E-state index in [4.69, 9.17) is 9.73 Å². The van der Waals surface area contributed by atoms with Gasteiger partial charge in [0.05, 0.1) is 35.5 Å². The van der Waals surface area contributed by atoms with Gasteiger partial charge in [0.25, 0.3) is 5.56 Å². The van der Waals surface area contributed by atoms with E-state index in [0.717, 1.165) is 22.0 Å². The van der Waals surface area contributed by atoms with Crippen LogP contribution in [0, 0.1) is 5.82 Å². The summed E-state index contributed by atoms with van der Waals surface area (Å²) in [6.07, 6.45) is 4.32. The number of ether oxygens (including phenoxy) is 1. The van der Waals surface area contributed by atoms with Crippen LogP contribution in [0.25, 0.3) is 17.0 Å². The third kappa shape index (κ3) is 4.40. The molecule has 0 N–H and O–H groups in total. The molecule has 3 heterocycles.